The summed E-state index contributed by atoms with van der Waals surface area (Å²) in [5.74, 6) is 1.54. The molecule has 1 aliphatic heterocycles. The van der Waals surface area contributed by atoms with Crippen LogP contribution in [0.5, 0.6) is 0 Å². The van der Waals surface area contributed by atoms with E-state index in [2.05, 4.69) is 41.3 Å². The van der Waals surface area contributed by atoms with Crippen LogP contribution in [0.3, 0.4) is 0 Å². The third kappa shape index (κ3) is 7.00. The van der Waals surface area contributed by atoms with Crippen LogP contribution in [0.2, 0.25) is 0 Å². The standard InChI is InChI=1S/C18H30N4O.CH2O2/c1-5-19-17(23)15-6-9-20-16(12-15)21-13-18(3,4)22-10-7-14(2)8-11-22;2-1-3/h6,9,12,14H,5,7-8,10-11,13H2,1-4H3,(H,19,23)(H,20,21);1H,(H,2,3). The number of nitrogens with one attached hydrogen (secondary N) is 2. The number of aromatic nitrogens is 1. The number of nitrogens with zero attached hydrogens (tertiary/aromatic N) is 2. The molecule has 1 aliphatic rings. The van der Waals surface area contributed by atoms with Crippen molar-refractivity contribution in [1.29, 1.82) is 0 Å². The Morgan fingerprint density at radius 3 is 2.62 bits per heavy atom. The minimum atomic E-state index is -0.250. The van der Waals surface area contributed by atoms with Crippen LogP contribution in [0.15, 0.2) is 18.3 Å². The van der Waals surface area contributed by atoms with Crippen LogP contribution in [0, 0.1) is 5.92 Å². The Hall–Kier alpha value is -2.15. The molecule has 0 bridgehead atoms. The van der Waals surface area contributed by atoms with Crippen LogP contribution >= 0.6 is 0 Å². The minimum Gasteiger partial charge on any atom is -0.483 e. The van der Waals surface area contributed by atoms with Crippen LogP contribution in [-0.4, -0.2) is 59.1 Å². The molecule has 146 valence electrons. The van der Waals surface area contributed by atoms with Gasteiger partial charge in [0.25, 0.3) is 12.4 Å². The van der Waals surface area contributed by atoms with Gasteiger partial charge in [0.15, 0.2) is 0 Å². The molecule has 1 amide bonds. The van der Waals surface area contributed by atoms with Crippen molar-refractivity contribution in [3.63, 3.8) is 0 Å². The summed E-state index contributed by atoms with van der Waals surface area (Å²) in [6.07, 6.45) is 4.23. The van der Waals surface area contributed by atoms with Crippen LogP contribution < -0.4 is 10.6 Å². The second-order valence-electron chi connectivity index (χ2n) is 7.23. The molecule has 7 heteroatoms. The monoisotopic (exact) mass is 364 g/mol. The molecule has 1 fully saturated rings. The highest BCUT2D eigenvalue weighted by atomic mass is 16.3. The van der Waals surface area contributed by atoms with Crippen molar-refractivity contribution in [3.8, 4) is 0 Å². The summed E-state index contributed by atoms with van der Waals surface area (Å²) < 4.78 is 0. The molecular formula is C19H32N4O3. The lowest BCUT2D eigenvalue weighted by Gasteiger charge is -2.42. The predicted octanol–water partition coefficient (Wildman–Crippen LogP) is 2.45. The molecule has 0 spiro atoms. The third-order valence-corrected chi connectivity index (χ3v) is 4.70. The van der Waals surface area contributed by atoms with E-state index in [0.29, 0.717) is 12.1 Å². The van der Waals surface area contributed by atoms with Crippen LogP contribution in [0.1, 0.15) is 50.9 Å². The number of carbonyl (C=O) groups is 2. The number of amides is 1. The number of hydrogen-bond donors (Lipinski definition) is 3. The molecule has 2 heterocycles. The molecule has 26 heavy (non-hydrogen) atoms. The van der Waals surface area contributed by atoms with E-state index < -0.39 is 0 Å². The first-order chi connectivity index (χ1) is 12.3. The lowest BCUT2D eigenvalue weighted by molar-refractivity contribution is -0.122. The van der Waals surface area contributed by atoms with E-state index in [1.165, 1.54) is 12.8 Å². The largest absolute Gasteiger partial charge is 0.483 e. The Balaban J connectivity index is 0.00000105. The molecule has 0 aromatic carbocycles. The van der Waals surface area contributed by atoms with Crippen molar-refractivity contribution in [2.75, 3.05) is 31.5 Å². The Morgan fingerprint density at radius 1 is 1.42 bits per heavy atom. The quantitative estimate of drug-likeness (QED) is 0.671. The highest BCUT2D eigenvalue weighted by molar-refractivity contribution is 5.94. The number of rotatable bonds is 6. The number of carboxylic acid groups (broad SMARTS) is 1. The van der Waals surface area contributed by atoms with Crippen molar-refractivity contribution in [1.82, 2.24) is 15.2 Å². The predicted molar refractivity (Wildman–Crippen MR) is 103 cm³/mol. The molecule has 0 radical (unpaired) electrons. The van der Waals surface area contributed by atoms with Gasteiger partial charge < -0.3 is 15.7 Å². The number of carbonyl (C=O) groups excluding carboxylic acids is 1. The molecule has 3 N–H and O–H groups in total. The summed E-state index contributed by atoms with van der Waals surface area (Å²) in [5.41, 5.74) is 0.720. The molecule has 1 aromatic heterocycles. The average Bonchev–Trinajstić information content (AvgIpc) is 2.62. The lowest BCUT2D eigenvalue weighted by atomic mass is 9.93. The fourth-order valence-corrected chi connectivity index (χ4v) is 2.96. The van der Waals surface area contributed by atoms with E-state index in [9.17, 15) is 4.79 Å². The normalized spacial score (nSPS) is 15.5. The highest BCUT2D eigenvalue weighted by Crippen LogP contribution is 2.24. The van der Waals surface area contributed by atoms with E-state index in [0.717, 1.165) is 31.4 Å². The number of pyridine rings is 1. The zero-order valence-electron chi connectivity index (χ0n) is 16.3. The van der Waals surface area contributed by atoms with Gasteiger partial charge in [-0.15, -0.1) is 0 Å². The Labute approximate surface area is 156 Å². The zero-order chi connectivity index (χ0) is 19.6. The van der Waals surface area contributed by atoms with Gasteiger partial charge >= 0.3 is 0 Å². The maximum atomic E-state index is 11.9. The van der Waals surface area contributed by atoms with Crippen molar-refractivity contribution in [3.05, 3.63) is 23.9 Å². The van der Waals surface area contributed by atoms with Gasteiger partial charge in [-0.05, 0) is 64.8 Å². The highest BCUT2D eigenvalue weighted by Gasteiger charge is 2.29. The lowest BCUT2D eigenvalue weighted by Crippen LogP contribution is -2.51. The molecule has 1 aromatic rings. The first-order valence-electron chi connectivity index (χ1n) is 9.15. The zero-order valence-corrected chi connectivity index (χ0v) is 16.3. The van der Waals surface area contributed by atoms with Gasteiger partial charge in [0.05, 0.1) is 0 Å². The smallest absolute Gasteiger partial charge is 0.290 e. The van der Waals surface area contributed by atoms with Gasteiger partial charge in [0.2, 0.25) is 0 Å². The maximum absolute atomic E-state index is 11.9. The van der Waals surface area contributed by atoms with Crippen LogP contribution in [0.4, 0.5) is 5.82 Å². The van der Waals surface area contributed by atoms with Crippen molar-refractivity contribution >= 4 is 18.2 Å². The number of likely N-dealkylation sites (tertiary alicyclic amines) is 1. The molecule has 7 nitrogen and oxygen atoms in total. The van der Waals surface area contributed by atoms with E-state index >= 15 is 0 Å². The minimum absolute atomic E-state index is 0.0535. The van der Waals surface area contributed by atoms with Crippen molar-refractivity contribution in [2.24, 2.45) is 5.92 Å². The fraction of sp³-hybridized carbons (Fsp3) is 0.632. The fourth-order valence-electron chi connectivity index (χ4n) is 2.96. The molecule has 0 aliphatic carbocycles. The molecule has 0 atom stereocenters. The van der Waals surface area contributed by atoms with Crippen molar-refractivity contribution < 1.29 is 14.7 Å². The maximum Gasteiger partial charge on any atom is 0.290 e. The molecule has 2 rings (SSSR count). The van der Waals surface area contributed by atoms with Gasteiger partial charge in [-0.1, -0.05) is 6.92 Å². The van der Waals surface area contributed by atoms with Gasteiger partial charge in [-0.2, -0.15) is 0 Å². The van der Waals surface area contributed by atoms with E-state index in [1.807, 2.05) is 13.0 Å². The number of hydrogen-bond acceptors (Lipinski definition) is 5. The third-order valence-electron chi connectivity index (χ3n) is 4.70. The second kappa shape index (κ2) is 10.8. The number of anilines is 1. The van der Waals surface area contributed by atoms with Crippen LogP contribution in [-0.2, 0) is 4.79 Å². The first kappa shape index (κ1) is 21.9. The van der Waals surface area contributed by atoms with E-state index in [-0.39, 0.29) is 17.9 Å². The van der Waals surface area contributed by atoms with Gasteiger partial charge in [-0.25, -0.2) is 4.98 Å². The summed E-state index contributed by atoms with van der Waals surface area (Å²) in [6, 6.07) is 3.56. The van der Waals surface area contributed by atoms with E-state index in [1.54, 1.807) is 12.3 Å². The summed E-state index contributed by atoms with van der Waals surface area (Å²) in [6.45, 7) is 12.3. The first-order valence-corrected chi connectivity index (χ1v) is 9.15. The summed E-state index contributed by atoms with van der Waals surface area (Å²) in [7, 11) is 0. The topological polar surface area (TPSA) is 94.6 Å². The summed E-state index contributed by atoms with van der Waals surface area (Å²) in [5, 5.41) is 13.1. The Kier molecular flexibility index (Phi) is 9.05. The Morgan fingerprint density at radius 2 is 2.04 bits per heavy atom. The molecule has 1 saturated heterocycles. The molecule has 0 saturated carbocycles. The van der Waals surface area contributed by atoms with Gasteiger partial charge in [-0.3, -0.25) is 14.5 Å². The second-order valence-corrected chi connectivity index (χ2v) is 7.23. The SMILES string of the molecule is CCNC(=O)c1ccnc(NCC(C)(C)N2CCC(C)CC2)c1.O=CO. The summed E-state index contributed by atoms with van der Waals surface area (Å²) in [4.78, 5) is 27.1. The summed E-state index contributed by atoms with van der Waals surface area (Å²) >= 11 is 0. The average molecular weight is 364 g/mol. The van der Waals surface area contributed by atoms with Crippen LogP contribution in [0.25, 0.3) is 0 Å². The molecule has 0 unspecified atom stereocenters. The van der Waals surface area contributed by atoms with Crippen molar-refractivity contribution in [2.45, 2.75) is 46.1 Å². The van der Waals surface area contributed by atoms with E-state index in [4.69, 9.17) is 9.90 Å². The van der Waals surface area contributed by atoms with Gasteiger partial charge in [0.1, 0.15) is 5.82 Å². The Bertz CT molecular complexity index is 570. The number of piperidine rings is 1. The molecular weight excluding hydrogens is 332 g/mol. The van der Waals surface area contributed by atoms with Gasteiger partial charge in [0, 0.05) is 30.4 Å².